The van der Waals surface area contributed by atoms with Gasteiger partial charge >= 0.3 is 5.97 Å². The summed E-state index contributed by atoms with van der Waals surface area (Å²) in [6.45, 7) is 5.57. The number of benzene rings is 2. The van der Waals surface area contributed by atoms with Crippen LogP contribution in [0, 0.1) is 24.0 Å². The molecule has 2 aromatic rings. The van der Waals surface area contributed by atoms with Crippen molar-refractivity contribution in [3.63, 3.8) is 0 Å². The lowest BCUT2D eigenvalue weighted by Gasteiger charge is -2.11. The van der Waals surface area contributed by atoms with E-state index in [0.717, 1.165) is 18.4 Å². The molecule has 1 amide bonds. The van der Waals surface area contributed by atoms with Crippen molar-refractivity contribution in [2.45, 2.75) is 33.6 Å². The Bertz CT molecular complexity index is 893. The maximum absolute atomic E-state index is 12.2. The van der Waals surface area contributed by atoms with Crippen LogP contribution >= 0.6 is 0 Å². The van der Waals surface area contributed by atoms with E-state index in [1.165, 1.54) is 6.07 Å². The third kappa shape index (κ3) is 6.03. The first kappa shape index (κ1) is 21.9. The second-order valence-electron chi connectivity index (χ2n) is 6.51. The zero-order valence-corrected chi connectivity index (χ0v) is 16.7. The van der Waals surface area contributed by atoms with Gasteiger partial charge in [-0.15, -0.1) is 0 Å². The van der Waals surface area contributed by atoms with Gasteiger partial charge in [-0.3, -0.25) is 14.9 Å². The summed E-state index contributed by atoms with van der Waals surface area (Å²) in [5, 5.41) is 13.7. The minimum atomic E-state index is -0.671. The molecule has 8 nitrogen and oxygen atoms in total. The summed E-state index contributed by atoms with van der Waals surface area (Å²) in [6.07, 6.45) is 1.97. The minimum Gasteiger partial charge on any atom is -0.494 e. The van der Waals surface area contributed by atoms with Gasteiger partial charge in [0.05, 0.1) is 17.1 Å². The second kappa shape index (κ2) is 10.2. The smallest absolute Gasteiger partial charge is 0.338 e. The van der Waals surface area contributed by atoms with E-state index in [9.17, 15) is 19.7 Å². The highest BCUT2D eigenvalue weighted by Crippen LogP contribution is 2.30. The Morgan fingerprint density at radius 1 is 1.10 bits per heavy atom. The lowest BCUT2D eigenvalue weighted by atomic mass is 10.1. The van der Waals surface area contributed by atoms with Crippen LogP contribution in [0.15, 0.2) is 36.4 Å². The van der Waals surface area contributed by atoms with E-state index >= 15 is 0 Å². The van der Waals surface area contributed by atoms with E-state index in [-0.39, 0.29) is 16.9 Å². The van der Waals surface area contributed by atoms with Crippen LogP contribution < -0.4 is 10.1 Å². The van der Waals surface area contributed by atoms with Crippen LogP contribution in [0.25, 0.3) is 0 Å². The van der Waals surface area contributed by atoms with E-state index in [2.05, 4.69) is 12.2 Å². The van der Waals surface area contributed by atoms with Crippen LogP contribution in [-0.2, 0) is 9.53 Å². The molecular formula is C21H24N2O6. The molecule has 0 aromatic heterocycles. The van der Waals surface area contributed by atoms with Crippen LogP contribution in [0.4, 0.5) is 11.4 Å². The van der Waals surface area contributed by atoms with Crippen molar-refractivity contribution in [3.05, 3.63) is 63.2 Å². The average molecular weight is 400 g/mol. The Kier molecular flexibility index (Phi) is 7.70. The summed E-state index contributed by atoms with van der Waals surface area (Å²) >= 11 is 0. The van der Waals surface area contributed by atoms with Crippen LogP contribution in [0.2, 0.25) is 0 Å². The van der Waals surface area contributed by atoms with Gasteiger partial charge in [-0.05, 0) is 55.7 Å². The first-order chi connectivity index (χ1) is 13.8. The number of nitrogens with zero attached hydrogens (tertiary/aromatic N) is 1. The molecule has 1 N–H and O–H groups in total. The van der Waals surface area contributed by atoms with Crippen molar-refractivity contribution in [1.29, 1.82) is 0 Å². The Balaban J connectivity index is 1.95. The molecule has 0 fully saturated rings. The Hall–Kier alpha value is -3.42. The molecule has 0 saturated heterocycles. The van der Waals surface area contributed by atoms with Gasteiger partial charge in [0, 0.05) is 6.07 Å². The van der Waals surface area contributed by atoms with Crippen molar-refractivity contribution in [1.82, 2.24) is 0 Å². The number of carbonyl (C=O) groups is 2. The summed E-state index contributed by atoms with van der Waals surface area (Å²) < 4.78 is 10.5. The van der Waals surface area contributed by atoms with Gasteiger partial charge < -0.3 is 14.8 Å². The third-order valence-electron chi connectivity index (χ3n) is 4.37. The van der Waals surface area contributed by atoms with E-state index in [4.69, 9.17) is 9.47 Å². The number of unbranched alkanes of at least 4 members (excludes halogenated alkanes) is 1. The summed E-state index contributed by atoms with van der Waals surface area (Å²) in [7, 11) is 0. The standard InChI is InChI=1S/C21H24N2O6/c1-4-5-12-28-17-9-7-16(8-10-17)21(25)29-13-19(24)22-20-15(3)14(2)6-11-18(20)23(26)27/h6-11H,4-5,12-13H2,1-3H3,(H,22,24). The fraction of sp³-hybridized carbons (Fsp3) is 0.333. The van der Waals surface area contributed by atoms with E-state index in [1.54, 1.807) is 44.2 Å². The van der Waals surface area contributed by atoms with Crippen LogP contribution in [0.5, 0.6) is 5.75 Å². The molecule has 154 valence electrons. The van der Waals surface area contributed by atoms with E-state index in [1.807, 2.05) is 0 Å². The lowest BCUT2D eigenvalue weighted by Crippen LogP contribution is -2.22. The summed E-state index contributed by atoms with van der Waals surface area (Å²) in [5.74, 6) is -0.680. The normalized spacial score (nSPS) is 10.3. The number of esters is 1. The zero-order valence-electron chi connectivity index (χ0n) is 16.7. The number of hydrogen-bond donors (Lipinski definition) is 1. The molecule has 2 rings (SSSR count). The maximum atomic E-state index is 12.2. The number of ether oxygens (including phenoxy) is 2. The predicted octanol–water partition coefficient (Wildman–Crippen LogP) is 4.19. The predicted molar refractivity (Wildman–Crippen MR) is 108 cm³/mol. The van der Waals surface area contributed by atoms with Gasteiger partial charge in [0.15, 0.2) is 6.61 Å². The molecule has 0 heterocycles. The van der Waals surface area contributed by atoms with Crippen molar-refractivity contribution >= 4 is 23.3 Å². The van der Waals surface area contributed by atoms with Gasteiger partial charge in [0.25, 0.3) is 11.6 Å². The summed E-state index contributed by atoms with van der Waals surface area (Å²) in [6, 6.07) is 9.36. The van der Waals surface area contributed by atoms with Crippen molar-refractivity contribution in [3.8, 4) is 5.75 Å². The zero-order chi connectivity index (χ0) is 21.4. The highest BCUT2D eigenvalue weighted by molar-refractivity contribution is 5.97. The van der Waals surface area contributed by atoms with Gasteiger partial charge in [0.1, 0.15) is 11.4 Å². The lowest BCUT2D eigenvalue weighted by molar-refractivity contribution is -0.384. The Morgan fingerprint density at radius 3 is 2.41 bits per heavy atom. The number of nitro benzene ring substituents is 1. The van der Waals surface area contributed by atoms with Crippen LogP contribution in [0.1, 0.15) is 41.3 Å². The number of amides is 1. The molecule has 0 aliphatic carbocycles. The molecule has 8 heteroatoms. The minimum absolute atomic E-state index is 0.102. The Labute approximate surface area is 169 Å². The van der Waals surface area contributed by atoms with Crippen molar-refractivity contribution in [2.75, 3.05) is 18.5 Å². The number of anilines is 1. The largest absolute Gasteiger partial charge is 0.494 e. The molecule has 0 radical (unpaired) electrons. The molecule has 0 bridgehead atoms. The second-order valence-corrected chi connectivity index (χ2v) is 6.51. The number of carbonyl (C=O) groups excluding carboxylic acids is 2. The number of hydrogen-bond acceptors (Lipinski definition) is 6. The van der Waals surface area contributed by atoms with E-state index < -0.39 is 23.4 Å². The molecule has 2 aromatic carbocycles. The number of nitrogens with one attached hydrogen (secondary N) is 1. The van der Waals surface area contributed by atoms with Gasteiger partial charge in [-0.2, -0.15) is 0 Å². The molecule has 0 aliphatic rings. The van der Waals surface area contributed by atoms with Crippen LogP contribution in [-0.4, -0.2) is 30.0 Å². The molecule has 0 atom stereocenters. The van der Waals surface area contributed by atoms with Crippen molar-refractivity contribution < 1.29 is 24.0 Å². The molecule has 29 heavy (non-hydrogen) atoms. The Morgan fingerprint density at radius 2 is 1.79 bits per heavy atom. The average Bonchev–Trinajstić information content (AvgIpc) is 2.70. The molecule has 0 spiro atoms. The first-order valence-electron chi connectivity index (χ1n) is 9.28. The maximum Gasteiger partial charge on any atom is 0.338 e. The number of rotatable bonds is 9. The van der Waals surface area contributed by atoms with Gasteiger partial charge in [-0.1, -0.05) is 19.4 Å². The first-order valence-corrected chi connectivity index (χ1v) is 9.28. The highest BCUT2D eigenvalue weighted by Gasteiger charge is 2.20. The number of aryl methyl sites for hydroxylation is 1. The molecular weight excluding hydrogens is 376 g/mol. The van der Waals surface area contributed by atoms with Gasteiger partial charge in [-0.25, -0.2) is 4.79 Å². The quantitative estimate of drug-likeness (QED) is 0.293. The van der Waals surface area contributed by atoms with Crippen LogP contribution in [0.3, 0.4) is 0 Å². The summed E-state index contributed by atoms with van der Waals surface area (Å²) in [4.78, 5) is 34.9. The topological polar surface area (TPSA) is 108 Å². The van der Waals surface area contributed by atoms with Gasteiger partial charge in [0.2, 0.25) is 0 Å². The molecule has 0 unspecified atom stereocenters. The summed E-state index contributed by atoms with van der Waals surface area (Å²) in [5.41, 5.74) is 1.54. The SMILES string of the molecule is CCCCOc1ccc(C(=O)OCC(=O)Nc2c([N+](=O)[O-])ccc(C)c2C)cc1. The van der Waals surface area contributed by atoms with Crippen molar-refractivity contribution in [2.24, 2.45) is 0 Å². The fourth-order valence-electron chi connectivity index (χ4n) is 2.52. The number of nitro groups is 1. The monoisotopic (exact) mass is 400 g/mol. The highest BCUT2D eigenvalue weighted by atomic mass is 16.6. The van der Waals surface area contributed by atoms with E-state index in [0.29, 0.717) is 17.9 Å². The molecule has 0 saturated carbocycles. The molecule has 0 aliphatic heterocycles. The third-order valence-corrected chi connectivity index (χ3v) is 4.37. The fourth-order valence-corrected chi connectivity index (χ4v) is 2.52.